The molecule has 0 saturated carbocycles. The molecule has 0 unspecified atom stereocenters. The Kier molecular flexibility index (Phi) is 6.92. The molecule has 4 rings (SSSR count). The zero-order chi connectivity index (χ0) is 22.5. The molecule has 1 aliphatic rings. The van der Waals surface area contributed by atoms with E-state index in [0.717, 1.165) is 21.3 Å². The van der Waals surface area contributed by atoms with E-state index < -0.39 is 0 Å². The Labute approximate surface area is 199 Å². The van der Waals surface area contributed by atoms with Crippen LogP contribution in [0.2, 0.25) is 0 Å². The number of anilines is 1. The molecular weight excluding hydrogens is 488 g/mol. The van der Waals surface area contributed by atoms with E-state index >= 15 is 0 Å². The number of furan rings is 1. The van der Waals surface area contributed by atoms with Gasteiger partial charge in [0.2, 0.25) is 0 Å². The molecule has 0 spiro atoms. The van der Waals surface area contributed by atoms with Crippen molar-refractivity contribution in [2.75, 3.05) is 19.0 Å². The van der Waals surface area contributed by atoms with Gasteiger partial charge in [0.15, 0.2) is 5.17 Å². The molecule has 1 fully saturated rings. The zero-order valence-corrected chi connectivity index (χ0v) is 20.0. The van der Waals surface area contributed by atoms with E-state index in [-0.39, 0.29) is 5.91 Å². The molecule has 8 heteroatoms. The van der Waals surface area contributed by atoms with Crippen LogP contribution in [-0.4, -0.2) is 36.3 Å². The third-order valence-corrected chi connectivity index (χ3v) is 6.18. The van der Waals surface area contributed by atoms with Gasteiger partial charge in [-0.2, -0.15) is 5.10 Å². The van der Waals surface area contributed by atoms with Crippen molar-refractivity contribution in [1.29, 1.82) is 0 Å². The minimum absolute atomic E-state index is 0.129. The Bertz CT molecular complexity index is 1180. The van der Waals surface area contributed by atoms with E-state index in [4.69, 9.17) is 4.42 Å². The van der Waals surface area contributed by atoms with Crippen LogP contribution >= 0.6 is 27.7 Å². The van der Waals surface area contributed by atoms with E-state index in [0.29, 0.717) is 22.4 Å². The monoisotopic (exact) mass is 508 g/mol. The maximum absolute atomic E-state index is 13.1. The molecule has 1 amide bonds. The summed E-state index contributed by atoms with van der Waals surface area (Å²) in [6, 6.07) is 19.4. The summed E-state index contributed by atoms with van der Waals surface area (Å²) in [5.74, 6) is 0.550. The third kappa shape index (κ3) is 5.38. The van der Waals surface area contributed by atoms with Crippen molar-refractivity contribution in [3.05, 3.63) is 93.2 Å². The zero-order valence-electron chi connectivity index (χ0n) is 17.6. The summed E-state index contributed by atoms with van der Waals surface area (Å²) in [7, 11) is 3.99. The van der Waals surface area contributed by atoms with E-state index in [2.05, 4.69) is 26.1 Å². The minimum atomic E-state index is -0.129. The summed E-state index contributed by atoms with van der Waals surface area (Å²) in [6.45, 7) is 0.292. The van der Waals surface area contributed by atoms with Gasteiger partial charge in [0.05, 0.1) is 23.9 Å². The third-order valence-electron chi connectivity index (χ3n) is 4.69. The molecule has 2 heterocycles. The Morgan fingerprint density at radius 1 is 1.09 bits per heavy atom. The van der Waals surface area contributed by atoms with E-state index in [1.807, 2.05) is 79.7 Å². The average Bonchev–Trinajstić information content (AvgIpc) is 3.39. The molecule has 1 aliphatic heterocycles. The van der Waals surface area contributed by atoms with Crippen molar-refractivity contribution in [2.24, 2.45) is 10.2 Å². The van der Waals surface area contributed by atoms with Gasteiger partial charge in [0.1, 0.15) is 5.76 Å². The minimum Gasteiger partial charge on any atom is -0.467 e. The Morgan fingerprint density at radius 3 is 2.59 bits per heavy atom. The van der Waals surface area contributed by atoms with Crippen molar-refractivity contribution in [3.8, 4) is 0 Å². The maximum atomic E-state index is 13.1. The number of amides is 1. The predicted octanol–water partition coefficient (Wildman–Crippen LogP) is 5.61. The summed E-state index contributed by atoms with van der Waals surface area (Å²) in [6.07, 6.45) is 5.13. The fourth-order valence-electron chi connectivity index (χ4n) is 3.03. The van der Waals surface area contributed by atoms with Crippen molar-refractivity contribution in [3.63, 3.8) is 0 Å². The van der Waals surface area contributed by atoms with E-state index in [1.165, 1.54) is 11.8 Å². The summed E-state index contributed by atoms with van der Waals surface area (Å²) in [4.78, 5) is 17.3. The van der Waals surface area contributed by atoms with Crippen LogP contribution < -0.4 is 4.90 Å². The van der Waals surface area contributed by atoms with Crippen molar-refractivity contribution in [1.82, 2.24) is 4.90 Å². The molecule has 1 saturated heterocycles. The quantitative estimate of drug-likeness (QED) is 0.246. The van der Waals surface area contributed by atoms with Gasteiger partial charge < -0.3 is 9.32 Å². The summed E-state index contributed by atoms with van der Waals surface area (Å²) < 4.78 is 6.39. The largest absolute Gasteiger partial charge is 0.467 e. The molecule has 2 aromatic carbocycles. The van der Waals surface area contributed by atoms with E-state index in [9.17, 15) is 4.79 Å². The second-order valence-electron chi connectivity index (χ2n) is 7.25. The lowest BCUT2D eigenvalue weighted by molar-refractivity contribution is -0.122. The summed E-state index contributed by atoms with van der Waals surface area (Å²) >= 11 is 4.77. The van der Waals surface area contributed by atoms with Crippen molar-refractivity contribution < 1.29 is 9.21 Å². The van der Waals surface area contributed by atoms with Crippen LogP contribution in [-0.2, 0) is 11.3 Å². The SMILES string of the molecule is CN(C)c1ccc(/C=N\N=C2\S/C(=C\c3cccc(Br)c3)C(=O)N2Cc2ccco2)cc1. The van der Waals surface area contributed by atoms with Gasteiger partial charge in [-0.1, -0.05) is 40.2 Å². The van der Waals surface area contributed by atoms with Gasteiger partial charge in [0.25, 0.3) is 5.91 Å². The second kappa shape index (κ2) is 10.0. The molecule has 0 N–H and O–H groups in total. The molecule has 0 bridgehead atoms. The van der Waals surface area contributed by atoms with Gasteiger partial charge in [0, 0.05) is 24.3 Å². The number of rotatable bonds is 6. The molecule has 162 valence electrons. The average molecular weight is 509 g/mol. The highest BCUT2D eigenvalue weighted by atomic mass is 79.9. The molecule has 1 aromatic heterocycles. The number of hydrogen-bond donors (Lipinski definition) is 0. The summed E-state index contributed by atoms with van der Waals surface area (Å²) in [5, 5.41) is 9.09. The molecule has 3 aromatic rings. The first-order chi connectivity index (χ1) is 15.5. The van der Waals surface area contributed by atoms with Crippen LogP contribution in [0.1, 0.15) is 16.9 Å². The van der Waals surface area contributed by atoms with Gasteiger partial charge in [-0.3, -0.25) is 9.69 Å². The lowest BCUT2D eigenvalue weighted by Gasteiger charge is -2.12. The first kappa shape index (κ1) is 22.1. The number of hydrogen-bond acceptors (Lipinski definition) is 6. The Morgan fingerprint density at radius 2 is 1.91 bits per heavy atom. The molecular formula is C24H21BrN4O2S. The van der Waals surface area contributed by atoms with Crippen LogP contribution in [0.4, 0.5) is 5.69 Å². The highest BCUT2D eigenvalue weighted by Gasteiger charge is 2.34. The van der Waals surface area contributed by atoms with Crippen LogP contribution in [0, 0.1) is 0 Å². The number of halogens is 1. The highest BCUT2D eigenvalue weighted by Crippen LogP contribution is 2.34. The molecule has 0 atom stereocenters. The number of carbonyl (C=O) groups excluding carboxylic acids is 1. The molecule has 0 aliphatic carbocycles. The van der Waals surface area contributed by atoms with Gasteiger partial charge in [-0.15, -0.1) is 5.10 Å². The normalized spacial score (nSPS) is 16.6. The van der Waals surface area contributed by atoms with Crippen molar-refractivity contribution >= 4 is 56.7 Å². The highest BCUT2D eigenvalue weighted by molar-refractivity contribution is 9.10. The van der Waals surface area contributed by atoms with Gasteiger partial charge >= 0.3 is 0 Å². The first-order valence-electron chi connectivity index (χ1n) is 9.87. The van der Waals surface area contributed by atoms with Crippen LogP contribution in [0.15, 0.2) is 90.9 Å². The fraction of sp³-hybridized carbons (Fsp3) is 0.125. The number of carbonyl (C=O) groups is 1. The number of nitrogens with zero attached hydrogens (tertiary/aromatic N) is 4. The first-order valence-corrected chi connectivity index (χ1v) is 11.5. The predicted molar refractivity (Wildman–Crippen MR) is 135 cm³/mol. The molecule has 0 radical (unpaired) electrons. The Balaban J connectivity index is 1.59. The number of benzene rings is 2. The molecule has 32 heavy (non-hydrogen) atoms. The lowest BCUT2D eigenvalue weighted by atomic mass is 10.2. The van der Waals surface area contributed by atoms with Crippen LogP contribution in [0.25, 0.3) is 6.08 Å². The summed E-state index contributed by atoms with van der Waals surface area (Å²) in [5.41, 5.74) is 2.97. The van der Waals surface area contributed by atoms with Crippen LogP contribution in [0.5, 0.6) is 0 Å². The smallest absolute Gasteiger partial charge is 0.267 e. The standard InChI is InChI=1S/C24H21BrN4O2S/c1-28(2)20-10-8-17(9-11-20)15-26-27-24-29(16-21-7-4-12-31-21)23(30)22(32-24)14-18-5-3-6-19(25)13-18/h3-15H,16H2,1-2H3/b22-14-,26-15-,27-24+. The number of thioether (sulfide) groups is 1. The van der Waals surface area contributed by atoms with E-state index in [1.54, 1.807) is 23.4 Å². The molecule has 6 nitrogen and oxygen atoms in total. The fourth-order valence-corrected chi connectivity index (χ4v) is 4.38. The van der Waals surface area contributed by atoms with Crippen molar-refractivity contribution in [2.45, 2.75) is 6.54 Å². The second-order valence-corrected chi connectivity index (χ2v) is 9.17. The maximum Gasteiger partial charge on any atom is 0.267 e. The Hall–Kier alpha value is -3.10. The van der Waals surface area contributed by atoms with Gasteiger partial charge in [-0.05, 0) is 65.4 Å². The lowest BCUT2D eigenvalue weighted by Crippen LogP contribution is -2.28. The van der Waals surface area contributed by atoms with Crippen LogP contribution in [0.3, 0.4) is 0 Å². The van der Waals surface area contributed by atoms with Gasteiger partial charge in [-0.25, -0.2) is 0 Å². The topological polar surface area (TPSA) is 61.4 Å². The number of amidine groups is 1.